The van der Waals surface area contributed by atoms with Crippen LogP contribution in [-0.2, 0) is 14.3 Å². The first-order chi connectivity index (χ1) is 14.9. The van der Waals surface area contributed by atoms with Crippen LogP contribution in [0.1, 0.15) is 22.8 Å². The second-order valence-corrected chi connectivity index (χ2v) is 7.37. The SMILES string of the molecule is CCOC(=O)c1ccc(N=C2SC(=Cc3ccccc3OCC(=O)O)C(=O)N2C)cc1. The van der Waals surface area contributed by atoms with Crippen molar-refractivity contribution < 1.29 is 29.0 Å². The molecule has 1 aliphatic heterocycles. The van der Waals surface area contributed by atoms with E-state index >= 15 is 0 Å². The number of aliphatic imine (C=N–C) groups is 1. The second kappa shape index (κ2) is 9.94. The van der Waals surface area contributed by atoms with E-state index in [1.165, 1.54) is 16.7 Å². The van der Waals surface area contributed by atoms with Gasteiger partial charge in [0.05, 0.1) is 22.8 Å². The number of carbonyl (C=O) groups is 3. The molecule has 0 atom stereocenters. The number of carboxylic acids is 1. The molecular weight excluding hydrogens is 420 g/mol. The summed E-state index contributed by atoms with van der Waals surface area (Å²) in [6.07, 6.45) is 1.65. The van der Waals surface area contributed by atoms with Gasteiger partial charge >= 0.3 is 11.9 Å². The van der Waals surface area contributed by atoms with Crippen molar-refractivity contribution in [1.82, 2.24) is 4.90 Å². The summed E-state index contributed by atoms with van der Waals surface area (Å²) in [7, 11) is 1.62. The van der Waals surface area contributed by atoms with Crippen LogP contribution in [-0.4, -0.2) is 53.3 Å². The minimum absolute atomic E-state index is 0.236. The molecule has 1 aliphatic rings. The number of carbonyl (C=O) groups excluding carboxylic acids is 2. The largest absolute Gasteiger partial charge is 0.481 e. The quantitative estimate of drug-likeness (QED) is 0.518. The summed E-state index contributed by atoms with van der Waals surface area (Å²) in [5.41, 5.74) is 1.60. The number of amides is 1. The van der Waals surface area contributed by atoms with Gasteiger partial charge in [-0.05, 0) is 55.1 Å². The number of likely N-dealkylation sites (N-methyl/N-ethyl adjacent to an activating group) is 1. The van der Waals surface area contributed by atoms with Crippen LogP contribution in [0.3, 0.4) is 0 Å². The summed E-state index contributed by atoms with van der Waals surface area (Å²) in [5.74, 6) is -1.36. The standard InChI is InChI=1S/C22H20N2O6S/c1-3-29-21(28)14-8-10-16(11-9-14)23-22-24(2)20(27)18(31-22)12-15-6-4-5-7-17(15)30-13-19(25)26/h4-12H,3,13H2,1-2H3,(H,25,26). The Morgan fingerprint density at radius 3 is 2.55 bits per heavy atom. The number of nitrogens with zero attached hydrogens (tertiary/aromatic N) is 2. The van der Waals surface area contributed by atoms with Gasteiger partial charge in [0.2, 0.25) is 0 Å². The summed E-state index contributed by atoms with van der Waals surface area (Å²) >= 11 is 1.19. The number of ether oxygens (including phenoxy) is 2. The Morgan fingerprint density at radius 1 is 1.16 bits per heavy atom. The Kier molecular flexibility index (Phi) is 7.09. The molecule has 2 aromatic rings. The van der Waals surface area contributed by atoms with Crippen molar-refractivity contribution in [3.8, 4) is 5.75 Å². The third kappa shape index (κ3) is 5.52. The second-order valence-electron chi connectivity index (χ2n) is 6.36. The normalized spacial score (nSPS) is 16.1. The van der Waals surface area contributed by atoms with Crippen molar-refractivity contribution in [2.75, 3.05) is 20.3 Å². The van der Waals surface area contributed by atoms with Crippen LogP contribution >= 0.6 is 11.8 Å². The van der Waals surface area contributed by atoms with Crippen molar-refractivity contribution in [3.63, 3.8) is 0 Å². The number of hydrogen-bond acceptors (Lipinski definition) is 7. The van der Waals surface area contributed by atoms with E-state index in [0.29, 0.717) is 39.2 Å². The molecule has 1 heterocycles. The van der Waals surface area contributed by atoms with E-state index < -0.39 is 18.5 Å². The van der Waals surface area contributed by atoms with Gasteiger partial charge in [0.1, 0.15) is 5.75 Å². The van der Waals surface area contributed by atoms with E-state index in [9.17, 15) is 14.4 Å². The topological polar surface area (TPSA) is 106 Å². The number of rotatable bonds is 7. The average Bonchev–Trinajstić information content (AvgIpc) is 3.01. The zero-order valence-electron chi connectivity index (χ0n) is 16.9. The third-order valence-corrected chi connectivity index (χ3v) is 5.22. The Morgan fingerprint density at radius 2 is 1.87 bits per heavy atom. The minimum atomic E-state index is -1.09. The zero-order chi connectivity index (χ0) is 22.4. The highest BCUT2D eigenvalue weighted by atomic mass is 32.2. The van der Waals surface area contributed by atoms with Crippen molar-refractivity contribution in [2.24, 2.45) is 4.99 Å². The van der Waals surface area contributed by atoms with Gasteiger partial charge in [-0.1, -0.05) is 18.2 Å². The van der Waals surface area contributed by atoms with Crippen LogP contribution in [0.5, 0.6) is 5.75 Å². The van der Waals surface area contributed by atoms with Gasteiger partial charge in [-0.25, -0.2) is 14.6 Å². The maximum atomic E-state index is 12.7. The Balaban J connectivity index is 1.81. The van der Waals surface area contributed by atoms with Gasteiger partial charge in [-0.15, -0.1) is 0 Å². The summed E-state index contributed by atoms with van der Waals surface area (Å²) in [5, 5.41) is 9.31. The van der Waals surface area contributed by atoms with E-state index in [0.717, 1.165) is 0 Å². The molecule has 1 N–H and O–H groups in total. The Hall–Kier alpha value is -3.59. The predicted molar refractivity (Wildman–Crippen MR) is 117 cm³/mol. The molecule has 31 heavy (non-hydrogen) atoms. The fourth-order valence-electron chi connectivity index (χ4n) is 2.66. The number of para-hydroxylation sites is 1. The number of aliphatic carboxylic acids is 1. The fraction of sp³-hybridized carbons (Fsp3) is 0.182. The van der Waals surface area contributed by atoms with E-state index in [2.05, 4.69) is 4.99 Å². The van der Waals surface area contributed by atoms with E-state index in [1.807, 2.05) is 0 Å². The van der Waals surface area contributed by atoms with E-state index in [-0.39, 0.29) is 5.91 Å². The fourth-order valence-corrected chi connectivity index (χ4v) is 3.64. The molecule has 1 saturated heterocycles. The van der Waals surface area contributed by atoms with Crippen molar-refractivity contribution in [2.45, 2.75) is 6.92 Å². The molecule has 0 aliphatic carbocycles. The summed E-state index contributed by atoms with van der Waals surface area (Å²) in [6, 6.07) is 13.5. The maximum Gasteiger partial charge on any atom is 0.341 e. The smallest absolute Gasteiger partial charge is 0.341 e. The highest BCUT2D eigenvalue weighted by Gasteiger charge is 2.30. The van der Waals surface area contributed by atoms with Gasteiger partial charge in [0, 0.05) is 12.6 Å². The van der Waals surface area contributed by atoms with Gasteiger partial charge in [-0.3, -0.25) is 9.69 Å². The first-order valence-corrected chi connectivity index (χ1v) is 10.2. The van der Waals surface area contributed by atoms with Crippen LogP contribution < -0.4 is 4.74 Å². The summed E-state index contributed by atoms with van der Waals surface area (Å²) in [4.78, 5) is 41.6. The first kappa shape index (κ1) is 22.1. The highest BCUT2D eigenvalue weighted by Crippen LogP contribution is 2.34. The van der Waals surface area contributed by atoms with Crippen LogP contribution in [0, 0.1) is 0 Å². The molecular formula is C22H20N2O6S. The van der Waals surface area contributed by atoms with Crippen molar-refractivity contribution in [3.05, 3.63) is 64.6 Å². The molecule has 0 radical (unpaired) electrons. The highest BCUT2D eigenvalue weighted by molar-refractivity contribution is 8.18. The summed E-state index contributed by atoms with van der Waals surface area (Å²) in [6.45, 7) is 1.56. The van der Waals surface area contributed by atoms with Crippen molar-refractivity contribution in [1.29, 1.82) is 0 Å². The molecule has 0 aromatic heterocycles. The van der Waals surface area contributed by atoms with Crippen LogP contribution in [0.15, 0.2) is 58.4 Å². The molecule has 2 aromatic carbocycles. The van der Waals surface area contributed by atoms with Crippen LogP contribution in [0.4, 0.5) is 5.69 Å². The van der Waals surface area contributed by atoms with Gasteiger partial charge in [-0.2, -0.15) is 0 Å². The molecule has 1 fully saturated rings. The van der Waals surface area contributed by atoms with Gasteiger partial charge < -0.3 is 14.6 Å². The number of carboxylic acid groups (broad SMARTS) is 1. The molecule has 9 heteroatoms. The Labute approximate surface area is 183 Å². The van der Waals surface area contributed by atoms with Crippen LogP contribution in [0.2, 0.25) is 0 Å². The maximum absolute atomic E-state index is 12.7. The lowest BCUT2D eigenvalue weighted by molar-refractivity contribution is -0.139. The third-order valence-electron chi connectivity index (χ3n) is 4.16. The lowest BCUT2D eigenvalue weighted by atomic mass is 10.2. The molecule has 0 bridgehead atoms. The molecule has 0 unspecified atom stereocenters. The number of benzene rings is 2. The van der Waals surface area contributed by atoms with Crippen molar-refractivity contribution >= 4 is 46.5 Å². The van der Waals surface area contributed by atoms with Gasteiger partial charge in [0.25, 0.3) is 5.91 Å². The molecule has 160 valence electrons. The number of hydrogen-bond donors (Lipinski definition) is 1. The number of thioether (sulfide) groups is 1. The Bertz CT molecular complexity index is 1060. The lowest BCUT2D eigenvalue weighted by Gasteiger charge is -2.08. The monoisotopic (exact) mass is 440 g/mol. The molecule has 3 rings (SSSR count). The molecule has 8 nitrogen and oxygen atoms in total. The minimum Gasteiger partial charge on any atom is -0.481 e. The van der Waals surface area contributed by atoms with Crippen LogP contribution in [0.25, 0.3) is 6.08 Å². The zero-order valence-corrected chi connectivity index (χ0v) is 17.7. The molecule has 0 spiro atoms. The number of esters is 1. The van der Waals surface area contributed by atoms with E-state index in [4.69, 9.17) is 14.6 Å². The first-order valence-electron chi connectivity index (χ1n) is 9.36. The van der Waals surface area contributed by atoms with Gasteiger partial charge in [0.15, 0.2) is 11.8 Å². The molecule has 0 saturated carbocycles. The lowest BCUT2D eigenvalue weighted by Crippen LogP contribution is -2.23. The molecule has 1 amide bonds. The average molecular weight is 440 g/mol. The predicted octanol–water partition coefficient (Wildman–Crippen LogP) is 3.56. The summed E-state index contributed by atoms with van der Waals surface area (Å²) < 4.78 is 10.3. The van der Waals surface area contributed by atoms with E-state index in [1.54, 1.807) is 68.6 Å². The number of amidine groups is 1.